The van der Waals surface area contributed by atoms with Gasteiger partial charge in [-0.25, -0.2) is 9.78 Å². The standard InChI is InChI=1S/C22H18N4O2/c1-15-9-11-16(12-10-15)19-14-21(26(25-19)20-8-4-5-13-23-20)24-18-7-3-2-6-17(18)22(27)28/h2-14,24H,1H3,(H,27,28). The van der Waals surface area contributed by atoms with Crippen LogP contribution in [0.25, 0.3) is 17.1 Å². The van der Waals surface area contributed by atoms with Crippen molar-refractivity contribution in [2.45, 2.75) is 6.92 Å². The zero-order chi connectivity index (χ0) is 19.5. The van der Waals surface area contributed by atoms with Crippen molar-refractivity contribution in [3.63, 3.8) is 0 Å². The van der Waals surface area contributed by atoms with Gasteiger partial charge in [-0.3, -0.25) is 0 Å². The summed E-state index contributed by atoms with van der Waals surface area (Å²) >= 11 is 0. The topological polar surface area (TPSA) is 80.0 Å². The molecule has 0 radical (unpaired) electrons. The molecule has 138 valence electrons. The minimum Gasteiger partial charge on any atom is -0.478 e. The number of nitrogens with zero attached hydrogens (tertiary/aromatic N) is 3. The molecule has 4 aromatic rings. The highest BCUT2D eigenvalue weighted by Gasteiger charge is 2.15. The van der Waals surface area contributed by atoms with Gasteiger partial charge in [-0.1, -0.05) is 48.0 Å². The quantitative estimate of drug-likeness (QED) is 0.533. The lowest BCUT2D eigenvalue weighted by Crippen LogP contribution is -2.07. The lowest BCUT2D eigenvalue weighted by atomic mass is 10.1. The molecule has 0 atom stereocenters. The van der Waals surface area contributed by atoms with Crippen molar-refractivity contribution in [1.29, 1.82) is 0 Å². The van der Waals surface area contributed by atoms with E-state index in [2.05, 4.69) is 10.3 Å². The average molecular weight is 370 g/mol. The van der Waals surface area contributed by atoms with Crippen molar-refractivity contribution in [3.05, 3.63) is 90.1 Å². The molecule has 0 amide bonds. The Hall–Kier alpha value is -3.93. The number of nitrogens with one attached hydrogen (secondary N) is 1. The van der Waals surface area contributed by atoms with E-state index in [1.54, 1.807) is 35.1 Å². The largest absolute Gasteiger partial charge is 0.478 e. The normalized spacial score (nSPS) is 10.6. The maximum Gasteiger partial charge on any atom is 0.337 e. The van der Waals surface area contributed by atoms with Crippen LogP contribution < -0.4 is 5.32 Å². The number of aryl methyl sites for hydroxylation is 1. The van der Waals surface area contributed by atoms with Crippen molar-refractivity contribution in [3.8, 4) is 17.1 Å². The summed E-state index contributed by atoms with van der Waals surface area (Å²) < 4.78 is 1.67. The molecule has 6 heteroatoms. The van der Waals surface area contributed by atoms with Crippen LogP contribution in [0.15, 0.2) is 79.0 Å². The van der Waals surface area contributed by atoms with Crippen LogP contribution in [-0.4, -0.2) is 25.8 Å². The molecule has 0 saturated carbocycles. The van der Waals surface area contributed by atoms with E-state index in [4.69, 9.17) is 5.10 Å². The zero-order valence-electron chi connectivity index (χ0n) is 15.2. The Morgan fingerprint density at radius 1 is 1.00 bits per heavy atom. The summed E-state index contributed by atoms with van der Waals surface area (Å²) in [5, 5.41) is 17.4. The van der Waals surface area contributed by atoms with Crippen LogP contribution in [0, 0.1) is 6.92 Å². The van der Waals surface area contributed by atoms with Crippen LogP contribution in [0.2, 0.25) is 0 Å². The molecule has 2 N–H and O–H groups in total. The molecule has 0 aliphatic heterocycles. The molecule has 2 heterocycles. The number of carboxylic acids is 1. The molecule has 2 aromatic heterocycles. The number of aromatic carboxylic acids is 1. The van der Waals surface area contributed by atoms with Crippen LogP contribution in [0.1, 0.15) is 15.9 Å². The predicted octanol–water partition coefficient (Wildman–Crippen LogP) is 4.68. The van der Waals surface area contributed by atoms with Crippen LogP contribution in [-0.2, 0) is 0 Å². The van der Waals surface area contributed by atoms with Crippen LogP contribution >= 0.6 is 0 Å². The molecule has 0 saturated heterocycles. The summed E-state index contributed by atoms with van der Waals surface area (Å²) in [7, 11) is 0. The molecule has 0 spiro atoms. The fourth-order valence-corrected chi connectivity index (χ4v) is 2.91. The second-order valence-corrected chi connectivity index (χ2v) is 6.36. The van der Waals surface area contributed by atoms with E-state index in [-0.39, 0.29) is 5.56 Å². The molecule has 6 nitrogen and oxygen atoms in total. The number of aromatic nitrogens is 3. The van der Waals surface area contributed by atoms with Crippen molar-refractivity contribution in [1.82, 2.24) is 14.8 Å². The van der Waals surface area contributed by atoms with Gasteiger partial charge in [0.1, 0.15) is 5.82 Å². The van der Waals surface area contributed by atoms with E-state index in [9.17, 15) is 9.90 Å². The highest BCUT2D eigenvalue weighted by molar-refractivity contribution is 5.95. The number of rotatable bonds is 5. The predicted molar refractivity (Wildman–Crippen MR) is 108 cm³/mol. The number of carboxylic acid groups (broad SMARTS) is 1. The second kappa shape index (κ2) is 7.36. The molecule has 0 aliphatic rings. The third-order valence-electron chi connectivity index (χ3n) is 4.34. The third kappa shape index (κ3) is 3.48. The summed E-state index contributed by atoms with van der Waals surface area (Å²) in [6.07, 6.45) is 1.69. The number of pyridine rings is 1. The van der Waals surface area contributed by atoms with E-state index >= 15 is 0 Å². The molecule has 0 unspecified atom stereocenters. The highest BCUT2D eigenvalue weighted by atomic mass is 16.4. The molecule has 2 aromatic carbocycles. The van der Waals surface area contributed by atoms with Gasteiger partial charge in [-0.2, -0.15) is 9.78 Å². The van der Waals surface area contributed by atoms with E-state index in [0.717, 1.165) is 11.3 Å². The molecule has 28 heavy (non-hydrogen) atoms. The average Bonchev–Trinajstić information content (AvgIpc) is 3.13. The lowest BCUT2D eigenvalue weighted by Gasteiger charge is -2.11. The Bertz CT molecular complexity index is 1120. The van der Waals surface area contributed by atoms with Crippen LogP contribution in [0.5, 0.6) is 0 Å². The van der Waals surface area contributed by atoms with Crippen molar-refractivity contribution >= 4 is 17.5 Å². The maximum absolute atomic E-state index is 11.6. The lowest BCUT2D eigenvalue weighted by molar-refractivity contribution is 0.0698. The number of hydrogen-bond donors (Lipinski definition) is 2. The van der Waals surface area contributed by atoms with Gasteiger partial charge in [0.15, 0.2) is 5.82 Å². The monoisotopic (exact) mass is 370 g/mol. The Morgan fingerprint density at radius 3 is 2.46 bits per heavy atom. The minimum absolute atomic E-state index is 0.188. The van der Waals surface area contributed by atoms with E-state index in [1.165, 1.54) is 5.56 Å². The van der Waals surface area contributed by atoms with Gasteiger partial charge < -0.3 is 10.4 Å². The first kappa shape index (κ1) is 17.5. The first-order chi connectivity index (χ1) is 13.6. The summed E-state index contributed by atoms with van der Waals surface area (Å²) in [5.41, 5.74) is 3.58. The smallest absolute Gasteiger partial charge is 0.337 e. The molecular weight excluding hydrogens is 352 g/mol. The fourth-order valence-electron chi connectivity index (χ4n) is 2.91. The van der Waals surface area contributed by atoms with Gasteiger partial charge in [-0.15, -0.1) is 0 Å². The number of carbonyl (C=O) groups is 1. The van der Waals surface area contributed by atoms with Crippen molar-refractivity contribution in [2.24, 2.45) is 0 Å². The van der Waals surface area contributed by atoms with Gasteiger partial charge in [0.05, 0.1) is 16.9 Å². The Balaban J connectivity index is 1.81. The number of benzene rings is 2. The van der Waals surface area contributed by atoms with Gasteiger partial charge in [-0.05, 0) is 31.2 Å². The number of anilines is 2. The van der Waals surface area contributed by atoms with Crippen molar-refractivity contribution in [2.75, 3.05) is 5.32 Å². The minimum atomic E-state index is -0.995. The molecular formula is C22H18N4O2. The Morgan fingerprint density at radius 2 is 1.75 bits per heavy atom. The van der Waals surface area contributed by atoms with E-state index in [0.29, 0.717) is 17.3 Å². The van der Waals surface area contributed by atoms with Gasteiger partial charge in [0, 0.05) is 17.8 Å². The van der Waals surface area contributed by atoms with E-state index in [1.807, 2.05) is 55.5 Å². The zero-order valence-corrected chi connectivity index (χ0v) is 15.2. The summed E-state index contributed by atoms with van der Waals surface area (Å²) in [6.45, 7) is 2.03. The first-order valence-electron chi connectivity index (χ1n) is 8.80. The van der Waals surface area contributed by atoms with Gasteiger partial charge >= 0.3 is 5.97 Å². The highest BCUT2D eigenvalue weighted by Crippen LogP contribution is 2.28. The Kier molecular flexibility index (Phi) is 4.60. The van der Waals surface area contributed by atoms with Crippen LogP contribution in [0.3, 0.4) is 0 Å². The summed E-state index contributed by atoms with van der Waals surface area (Å²) in [6, 6.07) is 22.3. The van der Waals surface area contributed by atoms with Gasteiger partial charge in [0.2, 0.25) is 0 Å². The third-order valence-corrected chi connectivity index (χ3v) is 4.34. The fraction of sp³-hybridized carbons (Fsp3) is 0.0455. The molecule has 0 aliphatic carbocycles. The molecule has 4 rings (SSSR count). The molecule has 0 fully saturated rings. The van der Waals surface area contributed by atoms with E-state index < -0.39 is 5.97 Å². The summed E-state index contributed by atoms with van der Waals surface area (Å²) in [5.74, 6) is 0.268. The van der Waals surface area contributed by atoms with Gasteiger partial charge in [0.25, 0.3) is 0 Å². The maximum atomic E-state index is 11.6. The SMILES string of the molecule is Cc1ccc(-c2cc(Nc3ccccc3C(=O)O)n(-c3ccccn3)n2)cc1. The Labute approximate surface area is 162 Å². The first-order valence-corrected chi connectivity index (χ1v) is 8.80. The van der Waals surface area contributed by atoms with Crippen LogP contribution in [0.4, 0.5) is 11.5 Å². The second-order valence-electron chi connectivity index (χ2n) is 6.36. The number of hydrogen-bond acceptors (Lipinski definition) is 4. The van der Waals surface area contributed by atoms with Crippen molar-refractivity contribution < 1.29 is 9.90 Å². The molecule has 0 bridgehead atoms. The summed E-state index contributed by atoms with van der Waals surface area (Å²) in [4.78, 5) is 15.9. The number of para-hydroxylation sites is 1.